The highest BCUT2D eigenvalue weighted by Crippen LogP contribution is 2.20. The Morgan fingerprint density at radius 2 is 2.10 bits per heavy atom. The molecule has 1 N–H and O–H groups in total. The fraction of sp³-hybridized carbons (Fsp3) is 0.917. The molecule has 0 spiro atoms. The quantitative estimate of drug-likeness (QED) is 0.762. The Kier molecular flexibility index (Phi) is 7.32. The third-order valence-electron chi connectivity index (χ3n) is 3.86. The Labute approximate surface area is 131 Å². The van der Waals surface area contributed by atoms with E-state index in [0.717, 1.165) is 19.4 Å². The van der Waals surface area contributed by atoms with Crippen molar-refractivity contribution >= 4 is 28.3 Å². The van der Waals surface area contributed by atoms with Crippen molar-refractivity contribution in [2.24, 2.45) is 0 Å². The highest BCUT2D eigenvalue weighted by Gasteiger charge is 2.34. The van der Waals surface area contributed by atoms with Crippen molar-refractivity contribution in [3.05, 3.63) is 0 Å². The van der Waals surface area contributed by atoms with Gasteiger partial charge in [-0.1, -0.05) is 0 Å². The van der Waals surface area contributed by atoms with Gasteiger partial charge in [-0.05, 0) is 19.3 Å². The lowest BCUT2D eigenvalue weighted by Crippen LogP contribution is -2.57. The Bertz CT molecular complexity index is 449. The predicted molar refractivity (Wildman–Crippen MR) is 80.8 cm³/mol. The molecule has 0 bridgehead atoms. The lowest BCUT2D eigenvalue weighted by molar-refractivity contribution is -0.135. The number of amides is 1. The van der Waals surface area contributed by atoms with Gasteiger partial charge in [0.15, 0.2) is 0 Å². The van der Waals surface area contributed by atoms with E-state index in [9.17, 15) is 17.6 Å². The first-order chi connectivity index (χ1) is 9.54. The minimum absolute atomic E-state index is 0. The van der Waals surface area contributed by atoms with Crippen molar-refractivity contribution in [3.8, 4) is 0 Å². The number of nitrogens with zero attached hydrogens (tertiary/aromatic N) is 2. The van der Waals surface area contributed by atoms with Gasteiger partial charge in [0.2, 0.25) is 15.9 Å². The SMILES string of the molecule is Cl.O=C1CNCCN1C1CCCN(S(=O)(=O)CCCF)C1. The van der Waals surface area contributed by atoms with Gasteiger partial charge in [-0.15, -0.1) is 12.4 Å². The molecule has 1 unspecified atom stereocenters. The van der Waals surface area contributed by atoms with Gasteiger partial charge in [0.25, 0.3) is 0 Å². The minimum atomic E-state index is -3.39. The van der Waals surface area contributed by atoms with Crippen molar-refractivity contribution in [2.45, 2.75) is 25.3 Å². The van der Waals surface area contributed by atoms with Gasteiger partial charge < -0.3 is 10.2 Å². The van der Waals surface area contributed by atoms with Crippen LogP contribution in [0.5, 0.6) is 0 Å². The molecule has 124 valence electrons. The summed E-state index contributed by atoms with van der Waals surface area (Å²) >= 11 is 0. The number of nitrogens with one attached hydrogen (secondary N) is 1. The number of hydrogen-bond donors (Lipinski definition) is 1. The molecule has 0 saturated carbocycles. The first kappa shape index (κ1) is 18.6. The summed E-state index contributed by atoms with van der Waals surface area (Å²) in [6.07, 6.45) is 1.62. The van der Waals surface area contributed by atoms with Crippen LogP contribution in [0, 0.1) is 0 Å². The number of sulfonamides is 1. The second kappa shape index (κ2) is 8.26. The summed E-state index contributed by atoms with van der Waals surface area (Å²) in [6, 6.07) is -0.0431. The van der Waals surface area contributed by atoms with Gasteiger partial charge >= 0.3 is 0 Å². The zero-order valence-corrected chi connectivity index (χ0v) is 13.6. The molecule has 1 atom stereocenters. The minimum Gasteiger partial charge on any atom is -0.336 e. The Morgan fingerprint density at radius 1 is 1.33 bits per heavy atom. The summed E-state index contributed by atoms with van der Waals surface area (Å²) in [7, 11) is -3.39. The van der Waals surface area contributed by atoms with Crippen LogP contribution in [0.15, 0.2) is 0 Å². The number of carbonyl (C=O) groups excluding carboxylic acids is 1. The lowest BCUT2D eigenvalue weighted by Gasteiger charge is -2.40. The number of piperazine rings is 1. The Balaban J connectivity index is 0.00000220. The van der Waals surface area contributed by atoms with Gasteiger partial charge in [-0.25, -0.2) is 8.42 Å². The van der Waals surface area contributed by atoms with Crippen LogP contribution in [0.2, 0.25) is 0 Å². The summed E-state index contributed by atoms with van der Waals surface area (Å²) < 4.78 is 37.8. The van der Waals surface area contributed by atoms with Crippen LogP contribution in [0.1, 0.15) is 19.3 Å². The molecular weight excluding hydrogens is 321 g/mol. The van der Waals surface area contributed by atoms with Gasteiger partial charge in [0.05, 0.1) is 19.0 Å². The molecule has 2 fully saturated rings. The van der Waals surface area contributed by atoms with E-state index in [4.69, 9.17) is 0 Å². The predicted octanol–water partition coefficient (Wildman–Crippen LogP) is -0.00620. The van der Waals surface area contributed by atoms with Gasteiger partial charge in [0, 0.05) is 32.2 Å². The molecular formula is C12H23ClFN3O3S. The van der Waals surface area contributed by atoms with E-state index in [1.165, 1.54) is 4.31 Å². The van der Waals surface area contributed by atoms with Gasteiger partial charge in [-0.2, -0.15) is 4.31 Å². The summed E-state index contributed by atoms with van der Waals surface area (Å²) in [5.41, 5.74) is 0. The molecule has 2 saturated heterocycles. The Morgan fingerprint density at radius 3 is 2.76 bits per heavy atom. The van der Waals surface area contributed by atoms with E-state index in [1.807, 2.05) is 0 Å². The smallest absolute Gasteiger partial charge is 0.236 e. The van der Waals surface area contributed by atoms with Gasteiger partial charge in [-0.3, -0.25) is 9.18 Å². The van der Waals surface area contributed by atoms with Crippen LogP contribution in [-0.4, -0.2) is 74.7 Å². The van der Waals surface area contributed by atoms with Crippen LogP contribution in [0.4, 0.5) is 4.39 Å². The summed E-state index contributed by atoms with van der Waals surface area (Å²) in [4.78, 5) is 13.7. The highest BCUT2D eigenvalue weighted by molar-refractivity contribution is 7.89. The largest absolute Gasteiger partial charge is 0.336 e. The molecule has 1 amide bonds. The maximum absolute atomic E-state index is 12.2. The van der Waals surface area contributed by atoms with Crippen molar-refractivity contribution in [3.63, 3.8) is 0 Å². The maximum atomic E-state index is 12.2. The molecule has 0 aliphatic carbocycles. The first-order valence-electron chi connectivity index (χ1n) is 7.08. The molecule has 21 heavy (non-hydrogen) atoms. The van der Waals surface area contributed by atoms with Crippen molar-refractivity contribution in [1.82, 2.24) is 14.5 Å². The second-order valence-electron chi connectivity index (χ2n) is 5.28. The average molecular weight is 344 g/mol. The van der Waals surface area contributed by atoms with Crippen LogP contribution >= 0.6 is 12.4 Å². The third kappa shape index (κ3) is 4.77. The fourth-order valence-corrected chi connectivity index (χ4v) is 4.34. The summed E-state index contributed by atoms with van der Waals surface area (Å²) in [5.74, 6) is -0.115. The molecule has 2 aliphatic rings. The van der Waals surface area contributed by atoms with Crippen molar-refractivity contribution < 1.29 is 17.6 Å². The van der Waals surface area contributed by atoms with Crippen LogP contribution in [0.25, 0.3) is 0 Å². The zero-order chi connectivity index (χ0) is 14.6. The number of carbonyl (C=O) groups is 1. The number of hydrogen-bond acceptors (Lipinski definition) is 4. The fourth-order valence-electron chi connectivity index (χ4n) is 2.80. The molecule has 0 radical (unpaired) electrons. The van der Waals surface area contributed by atoms with Crippen molar-refractivity contribution in [2.75, 3.05) is 45.2 Å². The monoisotopic (exact) mass is 343 g/mol. The average Bonchev–Trinajstić information content (AvgIpc) is 2.46. The van der Waals surface area contributed by atoms with E-state index < -0.39 is 16.7 Å². The molecule has 2 heterocycles. The molecule has 6 nitrogen and oxygen atoms in total. The lowest BCUT2D eigenvalue weighted by atomic mass is 10.1. The Hall–Kier alpha value is -0.440. The number of halogens is 2. The van der Waals surface area contributed by atoms with E-state index in [2.05, 4.69) is 5.32 Å². The van der Waals surface area contributed by atoms with E-state index in [1.54, 1.807) is 4.90 Å². The summed E-state index contributed by atoms with van der Waals surface area (Å²) in [6.45, 7) is 1.91. The number of alkyl halides is 1. The molecule has 0 aromatic carbocycles. The molecule has 2 rings (SSSR count). The van der Waals surface area contributed by atoms with Crippen LogP contribution in [-0.2, 0) is 14.8 Å². The zero-order valence-electron chi connectivity index (χ0n) is 12.0. The molecule has 2 aliphatic heterocycles. The van der Waals surface area contributed by atoms with E-state index in [0.29, 0.717) is 26.2 Å². The standard InChI is InChI=1S/C12H22FN3O3S.ClH/c13-4-2-8-20(18,19)15-6-1-3-11(10-15)16-7-5-14-9-12(16)17;/h11,14H,1-10H2;1H. The molecule has 9 heteroatoms. The molecule has 0 aromatic heterocycles. The number of piperidine rings is 1. The molecule has 0 aromatic rings. The first-order valence-corrected chi connectivity index (χ1v) is 8.69. The van der Waals surface area contributed by atoms with E-state index in [-0.39, 0.29) is 36.5 Å². The van der Waals surface area contributed by atoms with Crippen LogP contribution in [0.3, 0.4) is 0 Å². The van der Waals surface area contributed by atoms with Crippen molar-refractivity contribution in [1.29, 1.82) is 0 Å². The second-order valence-corrected chi connectivity index (χ2v) is 7.36. The normalized spacial score (nSPS) is 24.7. The highest BCUT2D eigenvalue weighted by atomic mass is 35.5. The number of rotatable bonds is 5. The van der Waals surface area contributed by atoms with Gasteiger partial charge in [0.1, 0.15) is 0 Å². The maximum Gasteiger partial charge on any atom is 0.236 e. The van der Waals surface area contributed by atoms with E-state index >= 15 is 0 Å². The van der Waals surface area contributed by atoms with Crippen LogP contribution < -0.4 is 5.32 Å². The summed E-state index contributed by atoms with van der Waals surface area (Å²) in [5, 5.41) is 3.01. The third-order valence-corrected chi connectivity index (χ3v) is 5.78. The topological polar surface area (TPSA) is 69.7 Å².